The molecule has 100 valence electrons. The first-order valence-electron chi connectivity index (χ1n) is 6.50. The Morgan fingerprint density at radius 1 is 1.50 bits per heavy atom. The minimum Gasteiger partial charge on any atom is -0.341 e. The number of rotatable bonds is 5. The maximum atomic E-state index is 12.0. The van der Waals surface area contributed by atoms with Crippen LogP contribution in [0.5, 0.6) is 0 Å². The van der Waals surface area contributed by atoms with E-state index < -0.39 is 6.04 Å². The van der Waals surface area contributed by atoms with Gasteiger partial charge in [0.1, 0.15) is 12.6 Å². The molecule has 0 aliphatic carbocycles. The van der Waals surface area contributed by atoms with Crippen LogP contribution in [0.1, 0.15) is 39.5 Å². The van der Waals surface area contributed by atoms with Gasteiger partial charge in [-0.3, -0.25) is 9.59 Å². The van der Waals surface area contributed by atoms with E-state index in [1.165, 1.54) is 0 Å². The van der Waals surface area contributed by atoms with E-state index in [0.717, 1.165) is 12.8 Å². The average Bonchev–Trinajstić information content (AvgIpc) is 2.34. The fourth-order valence-electron chi connectivity index (χ4n) is 2.22. The lowest BCUT2D eigenvalue weighted by Gasteiger charge is -2.34. The van der Waals surface area contributed by atoms with Crippen molar-refractivity contribution < 1.29 is 9.59 Å². The molecule has 0 unspecified atom stereocenters. The van der Waals surface area contributed by atoms with Crippen LogP contribution >= 0.6 is 0 Å². The van der Waals surface area contributed by atoms with Crippen molar-refractivity contribution in [3.63, 3.8) is 0 Å². The SMILES string of the molecule is CC(C)C[C@H](C(=O)NCC#N)N1CCCCC1=O. The van der Waals surface area contributed by atoms with E-state index in [1.807, 2.05) is 19.9 Å². The largest absolute Gasteiger partial charge is 0.341 e. The topological polar surface area (TPSA) is 73.2 Å². The number of amides is 2. The third kappa shape index (κ3) is 4.02. The van der Waals surface area contributed by atoms with Crippen molar-refractivity contribution in [1.82, 2.24) is 10.2 Å². The zero-order valence-corrected chi connectivity index (χ0v) is 11.1. The molecule has 0 aromatic heterocycles. The fourth-order valence-corrected chi connectivity index (χ4v) is 2.22. The molecular formula is C13H21N3O2. The third-order valence-corrected chi connectivity index (χ3v) is 3.08. The van der Waals surface area contributed by atoms with Gasteiger partial charge in [-0.1, -0.05) is 13.8 Å². The Morgan fingerprint density at radius 2 is 2.22 bits per heavy atom. The van der Waals surface area contributed by atoms with Crippen LogP contribution in [-0.2, 0) is 9.59 Å². The minimum absolute atomic E-state index is 0.00450. The first kappa shape index (κ1) is 14.5. The van der Waals surface area contributed by atoms with E-state index in [1.54, 1.807) is 4.90 Å². The molecule has 1 saturated heterocycles. The van der Waals surface area contributed by atoms with Crippen molar-refractivity contribution in [2.24, 2.45) is 5.92 Å². The first-order chi connectivity index (χ1) is 8.56. The molecule has 18 heavy (non-hydrogen) atoms. The van der Waals surface area contributed by atoms with Gasteiger partial charge in [0, 0.05) is 13.0 Å². The highest BCUT2D eigenvalue weighted by Gasteiger charge is 2.31. The molecule has 0 radical (unpaired) electrons. The van der Waals surface area contributed by atoms with Crippen LogP contribution in [0.2, 0.25) is 0 Å². The Kier molecular flexibility index (Phi) is 5.63. The van der Waals surface area contributed by atoms with Crippen LogP contribution in [0, 0.1) is 17.2 Å². The number of nitrogens with one attached hydrogen (secondary N) is 1. The quantitative estimate of drug-likeness (QED) is 0.742. The first-order valence-corrected chi connectivity index (χ1v) is 6.50. The van der Waals surface area contributed by atoms with Crippen molar-refractivity contribution in [3.8, 4) is 6.07 Å². The molecule has 1 fully saturated rings. The maximum Gasteiger partial charge on any atom is 0.243 e. The van der Waals surface area contributed by atoms with Gasteiger partial charge in [0.2, 0.25) is 11.8 Å². The van der Waals surface area contributed by atoms with E-state index in [2.05, 4.69) is 5.32 Å². The number of nitriles is 1. The van der Waals surface area contributed by atoms with Gasteiger partial charge in [-0.15, -0.1) is 0 Å². The number of likely N-dealkylation sites (tertiary alicyclic amines) is 1. The van der Waals surface area contributed by atoms with E-state index in [4.69, 9.17) is 5.26 Å². The van der Waals surface area contributed by atoms with Gasteiger partial charge in [-0.05, 0) is 25.2 Å². The van der Waals surface area contributed by atoms with Gasteiger partial charge in [-0.25, -0.2) is 0 Å². The number of hydrogen-bond acceptors (Lipinski definition) is 3. The molecule has 0 aromatic carbocycles. The summed E-state index contributed by atoms with van der Waals surface area (Å²) in [5, 5.41) is 11.1. The Hall–Kier alpha value is -1.57. The highest BCUT2D eigenvalue weighted by Crippen LogP contribution is 2.18. The second-order valence-corrected chi connectivity index (χ2v) is 5.07. The summed E-state index contributed by atoms with van der Waals surface area (Å²) < 4.78 is 0. The Balaban J connectivity index is 2.73. The highest BCUT2D eigenvalue weighted by atomic mass is 16.2. The predicted molar refractivity (Wildman–Crippen MR) is 67.4 cm³/mol. The lowest BCUT2D eigenvalue weighted by molar-refractivity contribution is -0.142. The Bertz CT molecular complexity index is 347. The number of hydrogen-bond donors (Lipinski definition) is 1. The van der Waals surface area contributed by atoms with Crippen LogP contribution in [0.15, 0.2) is 0 Å². The summed E-state index contributed by atoms with van der Waals surface area (Å²) in [6, 6.07) is 1.46. The van der Waals surface area contributed by atoms with Crippen LogP contribution < -0.4 is 5.32 Å². The zero-order chi connectivity index (χ0) is 13.5. The normalized spacial score (nSPS) is 17.4. The van der Waals surface area contributed by atoms with Crippen molar-refractivity contribution >= 4 is 11.8 Å². The highest BCUT2D eigenvalue weighted by molar-refractivity contribution is 5.88. The summed E-state index contributed by atoms with van der Waals surface area (Å²) in [6.45, 7) is 4.70. The molecule has 0 bridgehead atoms. The van der Waals surface area contributed by atoms with Gasteiger partial charge in [-0.2, -0.15) is 5.26 Å². The van der Waals surface area contributed by atoms with Crippen molar-refractivity contribution in [1.29, 1.82) is 5.26 Å². The summed E-state index contributed by atoms with van der Waals surface area (Å²) in [5.41, 5.74) is 0. The molecule has 0 spiro atoms. The monoisotopic (exact) mass is 251 g/mol. The van der Waals surface area contributed by atoms with Crippen LogP contribution in [0.25, 0.3) is 0 Å². The molecule has 1 atom stereocenters. The summed E-state index contributed by atoms with van der Waals surface area (Å²) in [6.07, 6.45) is 3.03. The number of carbonyl (C=O) groups excluding carboxylic acids is 2. The lowest BCUT2D eigenvalue weighted by atomic mass is 9.98. The van der Waals surface area contributed by atoms with Gasteiger partial charge in [0.15, 0.2) is 0 Å². The molecule has 1 aliphatic heterocycles. The standard InChI is InChI=1S/C13H21N3O2/c1-10(2)9-11(13(18)15-7-6-14)16-8-4-3-5-12(16)17/h10-11H,3-5,7-9H2,1-2H3,(H,15,18)/t11-/m1/s1. The number of piperidine rings is 1. The molecule has 1 aliphatic rings. The summed E-state index contributed by atoms with van der Waals surface area (Å²) in [5.74, 6) is 0.178. The molecule has 1 rings (SSSR count). The van der Waals surface area contributed by atoms with Crippen LogP contribution in [0.3, 0.4) is 0 Å². The number of nitrogens with zero attached hydrogens (tertiary/aromatic N) is 2. The molecule has 1 heterocycles. The van der Waals surface area contributed by atoms with Gasteiger partial charge in [0.25, 0.3) is 0 Å². The molecule has 5 nitrogen and oxygen atoms in total. The molecule has 2 amide bonds. The van der Waals surface area contributed by atoms with Crippen molar-refractivity contribution in [2.75, 3.05) is 13.1 Å². The van der Waals surface area contributed by atoms with Crippen LogP contribution in [-0.4, -0.2) is 35.8 Å². The van der Waals surface area contributed by atoms with Gasteiger partial charge >= 0.3 is 0 Å². The van der Waals surface area contributed by atoms with E-state index in [0.29, 0.717) is 25.3 Å². The Labute approximate surface area is 108 Å². The molecule has 0 saturated carbocycles. The smallest absolute Gasteiger partial charge is 0.243 e. The predicted octanol–water partition coefficient (Wildman–Crippen LogP) is 1.05. The average molecular weight is 251 g/mol. The summed E-state index contributed by atoms with van der Waals surface area (Å²) in [7, 11) is 0. The third-order valence-electron chi connectivity index (χ3n) is 3.08. The summed E-state index contributed by atoms with van der Waals surface area (Å²) in [4.78, 5) is 25.6. The Morgan fingerprint density at radius 3 is 2.78 bits per heavy atom. The van der Waals surface area contributed by atoms with Crippen molar-refractivity contribution in [2.45, 2.75) is 45.6 Å². The van der Waals surface area contributed by atoms with Gasteiger partial charge in [0.05, 0.1) is 6.07 Å². The van der Waals surface area contributed by atoms with E-state index >= 15 is 0 Å². The maximum absolute atomic E-state index is 12.0. The van der Waals surface area contributed by atoms with Crippen molar-refractivity contribution in [3.05, 3.63) is 0 Å². The molecule has 1 N–H and O–H groups in total. The zero-order valence-electron chi connectivity index (χ0n) is 11.1. The van der Waals surface area contributed by atoms with E-state index in [9.17, 15) is 9.59 Å². The summed E-state index contributed by atoms with van der Waals surface area (Å²) >= 11 is 0. The fraction of sp³-hybridized carbons (Fsp3) is 0.769. The van der Waals surface area contributed by atoms with Gasteiger partial charge < -0.3 is 10.2 Å². The minimum atomic E-state index is -0.425. The second kappa shape index (κ2) is 7.00. The molecule has 0 aromatic rings. The number of carbonyl (C=O) groups is 2. The van der Waals surface area contributed by atoms with E-state index in [-0.39, 0.29) is 18.4 Å². The van der Waals surface area contributed by atoms with Crippen LogP contribution in [0.4, 0.5) is 0 Å². The lowest BCUT2D eigenvalue weighted by Crippen LogP contribution is -2.51. The molecule has 5 heteroatoms. The molecular weight excluding hydrogens is 230 g/mol. The second-order valence-electron chi connectivity index (χ2n) is 5.07.